The molecule has 0 saturated heterocycles. The highest BCUT2D eigenvalue weighted by Gasteiger charge is 2.18. The predicted molar refractivity (Wildman–Crippen MR) is 128 cm³/mol. The molecule has 3 aromatic heterocycles. The summed E-state index contributed by atoms with van der Waals surface area (Å²) in [7, 11) is -3.17. The molecule has 0 aliphatic heterocycles. The maximum Gasteiger partial charge on any atom is 0.363 e. The molecule has 0 fully saturated rings. The van der Waals surface area contributed by atoms with Gasteiger partial charge in [-0.1, -0.05) is 39.5 Å². The van der Waals surface area contributed by atoms with Crippen LogP contribution in [0.4, 0.5) is 5.69 Å². The number of nitrogens with one attached hydrogen (secondary N) is 1. The molecule has 0 amide bonds. The third-order valence-electron chi connectivity index (χ3n) is 4.78. The summed E-state index contributed by atoms with van der Waals surface area (Å²) in [4.78, 5) is 17.8. The van der Waals surface area contributed by atoms with Crippen LogP contribution in [-0.4, -0.2) is 34.6 Å². The maximum absolute atomic E-state index is 11.7. The van der Waals surface area contributed by atoms with E-state index in [1.54, 1.807) is 31.7 Å². The highest BCUT2D eigenvalue weighted by molar-refractivity contribution is 7.92. The number of aromatic nitrogens is 4. The summed E-state index contributed by atoms with van der Waals surface area (Å²) in [6.07, 6.45) is 6.91. The summed E-state index contributed by atoms with van der Waals surface area (Å²) in [6, 6.07) is 5.69. The van der Waals surface area contributed by atoms with Crippen LogP contribution in [0.2, 0.25) is 0 Å². The van der Waals surface area contributed by atoms with E-state index in [1.807, 2.05) is 19.1 Å². The molecule has 3 aromatic rings. The first-order chi connectivity index (χ1) is 15.0. The Kier molecular flexibility index (Phi) is 6.60. The molecule has 0 saturated carbocycles. The average Bonchev–Trinajstić information content (AvgIpc) is 2.72. The quantitative estimate of drug-likeness (QED) is 0.478. The minimum absolute atomic E-state index is 0.0931. The van der Waals surface area contributed by atoms with E-state index in [9.17, 15) is 8.42 Å². The summed E-state index contributed by atoms with van der Waals surface area (Å²) >= 11 is 0. The summed E-state index contributed by atoms with van der Waals surface area (Å²) in [5.74, 6) is 6.34. The summed E-state index contributed by atoms with van der Waals surface area (Å²) in [6.45, 7) is 10.1. The Morgan fingerprint density at radius 3 is 2.53 bits per heavy atom. The van der Waals surface area contributed by atoms with E-state index in [4.69, 9.17) is 0 Å². The molecule has 7 nitrogen and oxygen atoms in total. The van der Waals surface area contributed by atoms with Gasteiger partial charge in [0.05, 0.1) is 28.3 Å². The van der Waals surface area contributed by atoms with Crippen molar-refractivity contribution in [2.45, 2.75) is 46.5 Å². The molecule has 0 spiro atoms. The Labute approximate surface area is 189 Å². The molecular formula is C24H28N5O2S+. The second-order valence-corrected chi connectivity index (χ2v) is 10.4. The van der Waals surface area contributed by atoms with Crippen molar-refractivity contribution in [3.8, 4) is 23.1 Å². The van der Waals surface area contributed by atoms with Gasteiger partial charge in [-0.3, -0.25) is 9.97 Å². The van der Waals surface area contributed by atoms with Gasteiger partial charge in [-0.15, -0.1) is 0 Å². The average molecular weight is 451 g/mol. The van der Waals surface area contributed by atoms with Crippen molar-refractivity contribution in [2.24, 2.45) is 0 Å². The highest BCUT2D eigenvalue weighted by atomic mass is 32.2. The van der Waals surface area contributed by atoms with Crippen molar-refractivity contribution < 1.29 is 8.42 Å². The first-order valence-corrected chi connectivity index (χ1v) is 12.2. The van der Waals surface area contributed by atoms with Crippen molar-refractivity contribution in [1.29, 1.82) is 0 Å². The zero-order valence-electron chi connectivity index (χ0n) is 19.2. The number of pyridine rings is 2. The fourth-order valence-corrected chi connectivity index (χ4v) is 3.69. The van der Waals surface area contributed by atoms with Gasteiger partial charge in [-0.2, -0.15) is 4.21 Å². The molecule has 8 heteroatoms. The van der Waals surface area contributed by atoms with Gasteiger partial charge in [0, 0.05) is 34.6 Å². The van der Waals surface area contributed by atoms with E-state index < -0.39 is 10.0 Å². The Morgan fingerprint density at radius 2 is 1.88 bits per heavy atom. The number of nitrogens with zero attached hydrogens (tertiary/aromatic N) is 4. The zero-order chi connectivity index (χ0) is 23.5. The normalized spacial score (nSPS) is 13.1. The Balaban J connectivity index is 2.10. The number of anilines is 1. The van der Waals surface area contributed by atoms with Crippen LogP contribution >= 0.6 is 0 Å². The summed E-state index contributed by atoms with van der Waals surface area (Å²) < 4.78 is 24.0. The molecule has 166 valence electrons. The first-order valence-electron chi connectivity index (χ1n) is 10.3. The van der Waals surface area contributed by atoms with Crippen molar-refractivity contribution >= 4 is 15.7 Å². The van der Waals surface area contributed by atoms with Gasteiger partial charge in [0.1, 0.15) is 12.6 Å². The lowest BCUT2D eigenvalue weighted by Gasteiger charge is -2.18. The molecule has 0 bridgehead atoms. The largest absolute Gasteiger partial charge is 0.363 e. The van der Waals surface area contributed by atoms with Crippen LogP contribution in [0, 0.1) is 18.8 Å². The molecular weight excluding hydrogens is 422 g/mol. The van der Waals surface area contributed by atoms with Crippen LogP contribution in [0.3, 0.4) is 0 Å². The summed E-state index contributed by atoms with van der Waals surface area (Å²) in [5, 5.41) is 0. The third kappa shape index (κ3) is 5.68. The zero-order valence-corrected chi connectivity index (χ0v) is 20.0. The molecule has 0 radical (unpaired) electrons. The molecule has 0 aromatic carbocycles. The fourth-order valence-electron chi connectivity index (χ4n) is 3.07. The van der Waals surface area contributed by atoms with Crippen molar-refractivity contribution in [3.63, 3.8) is 0 Å². The van der Waals surface area contributed by atoms with Gasteiger partial charge < -0.3 is 0 Å². The van der Waals surface area contributed by atoms with Crippen LogP contribution < -0.4 is 4.72 Å². The molecule has 32 heavy (non-hydrogen) atoms. The van der Waals surface area contributed by atoms with Crippen LogP contribution in [0.25, 0.3) is 11.3 Å². The molecule has 3 rings (SSSR count). The SMILES string of the molecule is CCc1ncnc(-c2ccnc(C(C)(C)C)c2)c1C#Cc1cnc(C)c(NS(C)(=O)=[OH+])c1. The number of hydrogen-bond donors (Lipinski definition) is 1. The number of rotatable bonds is 4. The van der Waals surface area contributed by atoms with E-state index in [-0.39, 0.29) is 5.41 Å². The molecule has 3 heterocycles. The lowest BCUT2D eigenvalue weighted by Crippen LogP contribution is -2.13. The molecule has 1 unspecified atom stereocenters. The van der Waals surface area contributed by atoms with E-state index in [0.717, 1.165) is 28.2 Å². The fraction of sp³-hybridized carbons (Fsp3) is 0.333. The Hall–Kier alpha value is -3.31. The van der Waals surface area contributed by atoms with E-state index in [2.05, 4.69) is 57.3 Å². The standard InChI is InChI=1S/C24H27N5O2S/c1-7-20-19(9-8-17-12-21(16(2)26-14-17)29-32(6,30)31)23(28-15-27-20)18-10-11-25-22(13-18)24(3,4)5/h10-15H,7H2,1-6H3,(H,29,30,31)/p+1. The number of aryl methyl sites for hydroxylation is 2. The lowest BCUT2D eigenvalue weighted by atomic mass is 9.90. The van der Waals surface area contributed by atoms with Gasteiger partial charge in [0.2, 0.25) is 0 Å². The van der Waals surface area contributed by atoms with Gasteiger partial charge in [-0.25, -0.2) is 18.9 Å². The Morgan fingerprint density at radius 1 is 1.12 bits per heavy atom. The monoisotopic (exact) mass is 450 g/mol. The van der Waals surface area contributed by atoms with Crippen molar-refractivity contribution in [1.82, 2.24) is 19.9 Å². The number of hydrogen-bond acceptors (Lipinski definition) is 5. The second kappa shape index (κ2) is 9.05. The molecule has 0 aliphatic carbocycles. The van der Waals surface area contributed by atoms with E-state index in [0.29, 0.717) is 23.4 Å². The van der Waals surface area contributed by atoms with Gasteiger partial charge in [0.25, 0.3) is 0 Å². The van der Waals surface area contributed by atoms with Gasteiger partial charge in [-0.05, 0) is 31.5 Å². The van der Waals surface area contributed by atoms with Crippen LogP contribution in [0.5, 0.6) is 0 Å². The molecule has 2 N–H and O–H groups in total. The first kappa shape index (κ1) is 23.4. The highest BCUT2D eigenvalue weighted by Crippen LogP contribution is 2.27. The second-order valence-electron chi connectivity index (χ2n) is 8.59. The van der Waals surface area contributed by atoms with Gasteiger partial charge in [0.15, 0.2) is 0 Å². The van der Waals surface area contributed by atoms with Crippen molar-refractivity contribution in [2.75, 3.05) is 11.0 Å². The lowest BCUT2D eigenvalue weighted by molar-refractivity contribution is 0.569. The topological polar surface area (TPSA) is 102 Å². The van der Waals surface area contributed by atoms with E-state index >= 15 is 0 Å². The van der Waals surface area contributed by atoms with Gasteiger partial charge >= 0.3 is 10.0 Å². The van der Waals surface area contributed by atoms with Crippen LogP contribution in [-0.2, 0) is 21.9 Å². The van der Waals surface area contributed by atoms with E-state index in [1.165, 1.54) is 6.26 Å². The van der Waals surface area contributed by atoms with Crippen molar-refractivity contribution in [3.05, 3.63) is 65.1 Å². The third-order valence-corrected chi connectivity index (χ3v) is 5.38. The minimum atomic E-state index is -3.17. The van der Waals surface area contributed by atoms with Crippen LogP contribution in [0.15, 0.2) is 36.9 Å². The minimum Gasteiger partial charge on any atom is -0.261 e. The van der Waals surface area contributed by atoms with Crippen LogP contribution in [0.1, 0.15) is 55.9 Å². The smallest absolute Gasteiger partial charge is 0.261 e. The Bertz CT molecular complexity index is 1320. The molecule has 1 atom stereocenters. The predicted octanol–water partition coefficient (Wildman–Crippen LogP) is 4.03. The maximum atomic E-state index is 11.7. The molecule has 0 aliphatic rings. The summed E-state index contributed by atoms with van der Waals surface area (Å²) in [5.41, 5.74) is 5.85.